The monoisotopic (exact) mass is 324 g/mol. The molecule has 0 spiro atoms. The van der Waals surface area contributed by atoms with E-state index in [9.17, 15) is 9.59 Å². The molecule has 1 fully saturated rings. The summed E-state index contributed by atoms with van der Waals surface area (Å²) in [4.78, 5) is 24.6. The first-order chi connectivity index (χ1) is 10.9. The van der Waals surface area contributed by atoms with Gasteiger partial charge in [0.15, 0.2) is 5.92 Å². The van der Waals surface area contributed by atoms with E-state index in [-0.39, 0.29) is 12.7 Å². The Bertz CT molecular complexity index is 402. The first kappa shape index (κ1) is 19.7. The second kappa shape index (κ2) is 9.74. The van der Waals surface area contributed by atoms with E-state index in [1.54, 1.807) is 13.0 Å². The summed E-state index contributed by atoms with van der Waals surface area (Å²) in [5.74, 6) is -0.360. The predicted octanol–water partition coefficient (Wildman–Crippen LogP) is 4.14. The van der Waals surface area contributed by atoms with Crippen molar-refractivity contribution in [1.82, 2.24) is 0 Å². The Hall–Kier alpha value is -1.32. The zero-order valence-corrected chi connectivity index (χ0v) is 15.0. The molecule has 132 valence electrons. The molecule has 0 bridgehead atoms. The minimum atomic E-state index is -0.835. The van der Waals surface area contributed by atoms with Gasteiger partial charge >= 0.3 is 11.9 Å². The summed E-state index contributed by atoms with van der Waals surface area (Å²) in [6.45, 7) is 12.2. The van der Waals surface area contributed by atoms with E-state index in [0.717, 1.165) is 12.8 Å². The van der Waals surface area contributed by atoms with Gasteiger partial charge in [-0.3, -0.25) is 9.59 Å². The Kier molecular flexibility index (Phi) is 8.35. The lowest BCUT2D eigenvalue weighted by Crippen LogP contribution is -2.39. The second-order valence-electron chi connectivity index (χ2n) is 6.97. The zero-order chi connectivity index (χ0) is 17.4. The van der Waals surface area contributed by atoms with Gasteiger partial charge < -0.3 is 9.47 Å². The zero-order valence-electron chi connectivity index (χ0n) is 15.0. The molecule has 4 atom stereocenters. The Morgan fingerprint density at radius 3 is 2.52 bits per heavy atom. The summed E-state index contributed by atoms with van der Waals surface area (Å²) in [6, 6.07) is 0. The molecule has 4 nitrogen and oxygen atoms in total. The molecule has 23 heavy (non-hydrogen) atoms. The normalized spacial score (nSPS) is 25.7. The van der Waals surface area contributed by atoms with Gasteiger partial charge in [0, 0.05) is 0 Å². The third kappa shape index (κ3) is 6.00. The highest BCUT2D eigenvalue weighted by atomic mass is 16.6. The third-order valence-corrected chi connectivity index (χ3v) is 4.74. The van der Waals surface area contributed by atoms with Crippen molar-refractivity contribution in [2.24, 2.45) is 23.7 Å². The molecule has 1 aliphatic rings. The lowest BCUT2D eigenvalue weighted by atomic mass is 9.75. The van der Waals surface area contributed by atoms with Crippen LogP contribution in [0, 0.1) is 23.7 Å². The van der Waals surface area contributed by atoms with E-state index in [1.807, 2.05) is 0 Å². The Balaban J connectivity index is 2.77. The summed E-state index contributed by atoms with van der Waals surface area (Å²) in [7, 11) is 0. The molecule has 1 aliphatic carbocycles. The molecular formula is C19H32O4. The van der Waals surface area contributed by atoms with Gasteiger partial charge in [0.25, 0.3) is 0 Å². The predicted molar refractivity (Wildman–Crippen MR) is 90.8 cm³/mol. The number of allylic oxidation sites excluding steroid dienone is 1. The minimum absolute atomic E-state index is 0.0908. The summed E-state index contributed by atoms with van der Waals surface area (Å²) in [6.07, 6.45) is 5.74. The first-order valence-corrected chi connectivity index (χ1v) is 8.88. The van der Waals surface area contributed by atoms with Crippen LogP contribution in [0.2, 0.25) is 0 Å². The van der Waals surface area contributed by atoms with E-state index in [2.05, 4.69) is 27.4 Å². The van der Waals surface area contributed by atoms with Gasteiger partial charge in [-0.25, -0.2) is 0 Å². The van der Waals surface area contributed by atoms with Crippen LogP contribution in [0.1, 0.15) is 59.8 Å². The van der Waals surface area contributed by atoms with Gasteiger partial charge in [-0.05, 0) is 50.4 Å². The fourth-order valence-electron chi connectivity index (χ4n) is 3.34. The molecule has 0 N–H and O–H groups in total. The van der Waals surface area contributed by atoms with Crippen LogP contribution in [0.25, 0.3) is 0 Å². The van der Waals surface area contributed by atoms with Crippen LogP contribution in [-0.4, -0.2) is 24.6 Å². The summed E-state index contributed by atoms with van der Waals surface area (Å²) < 4.78 is 10.8. The third-order valence-electron chi connectivity index (χ3n) is 4.74. The summed E-state index contributed by atoms with van der Waals surface area (Å²) in [5, 5.41) is 0. The topological polar surface area (TPSA) is 52.6 Å². The highest BCUT2D eigenvalue weighted by Gasteiger charge is 2.37. The molecule has 0 saturated heterocycles. The molecule has 0 radical (unpaired) electrons. The molecule has 1 saturated carbocycles. The Morgan fingerprint density at radius 1 is 1.26 bits per heavy atom. The molecule has 0 aromatic heterocycles. The fraction of sp³-hybridized carbons (Fsp3) is 0.789. The summed E-state index contributed by atoms with van der Waals surface area (Å²) in [5.41, 5.74) is 0. The van der Waals surface area contributed by atoms with E-state index in [0.29, 0.717) is 30.6 Å². The minimum Gasteiger partial charge on any atom is -0.465 e. The van der Waals surface area contributed by atoms with Crippen molar-refractivity contribution in [1.29, 1.82) is 0 Å². The standard InChI is InChI=1S/C19H32O4/c1-6-8-9-16(18(20)22-7-2)19(21)23-17-12-14(5)10-11-15(17)13(3)4/h6,13-17H,1,7-12H2,2-5H3. The number of esters is 2. The van der Waals surface area contributed by atoms with Gasteiger partial charge in [-0.15, -0.1) is 6.58 Å². The highest BCUT2D eigenvalue weighted by Crippen LogP contribution is 2.35. The average molecular weight is 324 g/mol. The van der Waals surface area contributed by atoms with Crippen LogP contribution < -0.4 is 0 Å². The number of hydrogen-bond acceptors (Lipinski definition) is 4. The SMILES string of the molecule is C=CCCC(C(=O)OCC)C(=O)OC1CC(C)CCC1C(C)C. The van der Waals surface area contributed by atoms with Crippen molar-refractivity contribution in [2.75, 3.05) is 6.61 Å². The van der Waals surface area contributed by atoms with Gasteiger partial charge in [-0.2, -0.15) is 0 Å². The van der Waals surface area contributed by atoms with Gasteiger partial charge in [0.2, 0.25) is 0 Å². The smallest absolute Gasteiger partial charge is 0.320 e. The number of carbonyl (C=O) groups excluding carboxylic acids is 2. The van der Waals surface area contributed by atoms with E-state index in [4.69, 9.17) is 9.47 Å². The van der Waals surface area contributed by atoms with Crippen LogP contribution in [0.5, 0.6) is 0 Å². The molecule has 0 aromatic carbocycles. The van der Waals surface area contributed by atoms with E-state index < -0.39 is 17.9 Å². The van der Waals surface area contributed by atoms with Crippen molar-refractivity contribution in [3.8, 4) is 0 Å². The average Bonchev–Trinajstić information content (AvgIpc) is 2.47. The molecule has 0 aliphatic heterocycles. The largest absolute Gasteiger partial charge is 0.465 e. The van der Waals surface area contributed by atoms with Crippen molar-refractivity contribution in [3.05, 3.63) is 12.7 Å². The number of hydrogen-bond donors (Lipinski definition) is 0. The van der Waals surface area contributed by atoms with Gasteiger partial charge in [0.05, 0.1) is 6.61 Å². The molecule has 1 rings (SSSR count). The highest BCUT2D eigenvalue weighted by molar-refractivity contribution is 5.95. The Labute approximate surface area is 140 Å². The van der Waals surface area contributed by atoms with Crippen molar-refractivity contribution >= 4 is 11.9 Å². The molecule has 4 heteroatoms. The van der Waals surface area contributed by atoms with Gasteiger partial charge in [0.1, 0.15) is 6.10 Å². The maximum Gasteiger partial charge on any atom is 0.320 e. The maximum absolute atomic E-state index is 12.6. The fourth-order valence-corrected chi connectivity index (χ4v) is 3.34. The number of ether oxygens (including phenoxy) is 2. The molecule has 0 amide bonds. The lowest BCUT2D eigenvalue weighted by molar-refractivity contribution is -0.169. The number of carbonyl (C=O) groups is 2. The van der Waals surface area contributed by atoms with Crippen molar-refractivity contribution in [3.63, 3.8) is 0 Å². The second-order valence-corrected chi connectivity index (χ2v) is 6.97. The number of rotatable bonds is 8. The van der Waals surface area contributed by atoms with Crippen molar-refractivity contribution < 1.29 is 19.1 Å². The van der Waals surface area contributed by atoms with E-state index in [1.165, 1.54) is 6.42 Å². The van der Waals surface area contributed by atoms with Crippen LogP contribution in [0.3, 0.4) is 0 Å². The quantitative estimate of drug-likeness (QED) is 0.382. The van der Waals surface area contributed by atoms with Crippen LogP contribution in [-0.2, 0) is 19.1 Å². The lowest BCUT2D eigenvalue weighted by Gasteiger charge is -2.37. The summed E-state index contributed by atoms with van der Waals surface area (Å²) >= 11 is 0. The van der Waals surface area contributed by atoms with Crippen LogP contribution >= 0.6 is 0 Å². The van der Waals surface area contributed by atoms with Crippen molar-refractivity contribution in [2.45, 2.75) is 65.9 Å². The Morgan fingerprint density at radius 2 is 1.96 bits per heavy atom. The molecule has 0 aromatic rings. The molecular weight excluding hydrogens is 292 g/mol. The van der Waals surface area contributed by atoms with Gasteiger partial charge in [-0.1, -0.05) is 33.3 Å². The van der Waals surface area contributed by atoms with Crippen LogP contribution in [0.4, 0.5) is 0 Å². The van der Waals surface area contributed by atoms with Crippen LogP contribution in [0.15, 0.2) is 12.7 Å². The first-order valence-electron chi connectivity index (χ1n) is 8.88. The maximum atomic E-state index is 12.6. The molecule has 0 heterocycles. The van der Waals surface area contributed by atoms with E-state index >= 15 is 0 Å². The molecule has 4 unspecified atom stereocenters.